The zero-order valence-electron chi connectivity index (χ0n) is 22.8. The number of fused-ring (bicyclic) bond motifs is 2. The van der Waals surface area contributed by atoms with Crippen molar-refractivity contribution >= 4 is 23.9 Å². The van der Waals surface area contributed by atoms with Crippen molar-refractivity contribution in [1.82, 2.24) is 0 Å². The fourth-order valence-electron chi connectivity index (χ4n) is 5.19. The summed E-state index contributed by atoms with van der Waals surface area (Å²) in [6.07, 6.45) is 5.01. The molecule has 6 atom stereocenters. The van der Waals surface area contributed by atoms with Crippen molar-refractivity contribution in [2.45, 2.75) is 90.8 Å². The number of hydrogen-bond donors (Lipinski definition) is 0. The van der Waals surface area contributed by atoms with Crippen LogP contribution in [0.2, 0.25) is 0 Å². The van der Waals surface area contributed by atoms with Crippen molar-refractivity contribution in [3.05, 3.63) is 35.6 Å². The van der Waals surface area contributed by atoms with E-state index in [1.165, 1.54) is 34.0 Å². The number of carbonyl (C=O) groups is 4. The molecule has 10 nitrogen and oxygen atoms in total. The smallest absolute Gasteiger partial charge is 0.305 e. The van der Waals surface area contributed by atoms with Crippen LogP contribution in [0.15, 0.2) is 35.6 Å². The normalized spacial score (nSPS) is 28.8. The van der Waals surface area contributed by atoms with Crippen molar-refractivity contribution in [3.63, 3.8) is 0 Å². The van der Waals surface area contributed by atoms with Crippen LogP contribution in [0, 0.1) is 11.8 Å². The fraction of sp³-hybridized carbons (Fsp3) is 0.643. The van der Waals surface area contributed by atoms with E-state index in [2.05, 4.69) is 13.5 Å². The van der Waals surface area contributed by atoms with Gasteiger partial charge in [-0.15, -0.1) is 0 Å². The molecule has 3 aliphatic rings. The van der Waals surface area contributed by atoms with Crippen molar-refractivity contribution in [3.8, 4) is 0 Å². The van der Waals surface area contributed by atoms with E-state index in [-0.39, 0.29) is 43.2 Å². The quantitative estimate of drug-likeness (QED) is 0.187. The van der Waals surface area contributed by atoms with Gasteiger partial charge < -0.3 is 28.4 Å². The third-order valence-corrected chi connectivity index (χ3v) is 7.18. The molecule has 0 radical (unpaired) electrons. The van der Waals surface area contributed by atoms with Gasteiger partial charge in [0.15, 0.2) is 0 Å². The first kappa shape index (κ1) is 29.4. The molecule has 1 aliphatic carbocycles. The number of esters is 4. The number of ether oxygens (including phenoxy) is 6. The van der Waals surface area contributed by atoms with Crippen LogP contribution in [-0.4, -0.2) is 61.2 Å². The van der Waals surface area contributed by atoms with E-state index >= 15 is 0 Å². The molecular weight excluding hydrogens is 496 g/mol. The van der Waals surface area contributed by atoms with Crippen LogP contribution in [0.1, 0.15) is 66.7 Å². The van der Waals surface area contributed by atoms with E-state index in [1.54, 1.807) is 6.08 Å². The molecule has 2 heterocycles. The summed E-state index contributed by atoms with van der Waals surface area (Å²) in [4.78, 5) is 46.7. The van der Waals surface area contributed by atoms with Crippen molar-refractivity contribution in [1.29, 1.82) is 0 Å². The Morgan fingerprint density at radius 2 is 1.71 bits per heavy atom. The van der Waals surface area contributed by atoms with Crippen molar-refractivity contribution in [2.24, 2.45) is 11.8 Å². The van der Waals surface area contributed by atoms with Crippen LogP contribution in [0.25, 0.3) is 0 Å². The molecule has 210 valence electrons. The number of epoxide rings is 1. The average molecular weight is 535 g/mol. The van der Waals surface area contributed by atoms with Gasteiger partial charge in [0.1, 0.15) is 19.3 Å². The van der Waals surface area contributed by atoms with Gasteiger partial charge in [0.25, 0.3) is 0 Å². The molecule has 1 saturated carbocycles. The number of rotatable bonds is 9. The van der Waals surface area contributed by atoms with Gasteiger partial charge in [-0.2, -0.15) is 0 Å². The predicted octanol–water partition coefficient (Wildman–Crippen LogP) is 3.68. The van der Waals surface area contributed by atoms with Gasteiger partial charge >= 0.3 is 23.9 Å². The number of carbonyl (C=O) groups excluding carboxylic acids is 4. The van der Waals surface area contributed by atoms with E-state index in [0.29, 0.717) is 18.4 Å². The van der Waals surface area contributed by atoms with E-state index in [9.17, 15) is 19.2 Å². The van der Waals surface area contributed by atoms with Gasteiger partial charge in [0.05, 0.1) is 23.9 Å². The highest BCUT2D eigenvalue weighted by Gasteiger charge is 2.54. The zero-order valence-corrected chi connectivity index (χ0v) is 22.8. The Morgan fingerprint density at radius 1 is 1.05 bits per heavy atom. The van der Waals surface area contributed by atoms with Crippen LogP contribution in [0.4, 0.5) is 0 Å². The van der Waals surface area contributed by atoms with Crippen LogP contribution in [0.3, 0.4) is 0 Å². The molecule has 0 N–H and O–H groups in total. The standard InChI is InChI=1S/C28H38O10/c1-16-7-10-25-28(6,38-25)12-11-22-23(15-35-27(26(16)22)37-20(5)32)24(36-19(4)31)9-8-21(13-33-17(2)29)14-34-18(3)30/h8,15,22,24-27H,1,7,9-14H2,2-6H3. The summed E-state index contributed by atoms with van der Waals surface area (Å²) in [5, 5.41) is 0. The van der Waals surface area contributed by atoms with E-state index in [4.69, 9.17) is 28.4 Å². The third kappa shape index (κ3) is 7.93. The average Bonchev–Trinajstić information content (AvgIpc) is 3.47. The lowest BCUT2D eigenvalue weighted by atomic mass is 9.74. The topological polar surface area (TPSA) is 127 Å². The van der Waals surface area contributed by atoms with Crippen LogP contribution in [0.5, 0.6) is 0 Å². The Labute approximate surface area is 223 Å². The summed E-state index contributed by atoms with van der Waals surface area (Å²) in [6.45, 7) is 11.5. The van der Waals surface area contributed by atoms with Crippen LogP contribution >= 0.6 is 0 Å². The molecule has 1 saturated heterocycles. The highest BCUT2D eigenvalue weighted by atomic mass is 16.7. The van der Waals surface area contributed by atoms with E-state index in [0.717, 1.165) is 24.0 Å². The monoisotopic (exact) mass is 534 g/mol. The molecule has 0 aromatic carbocycles. The molecule has 0 aromatic heterocycles. The molecule has 6 unspecified atom stereocenters. The van der Waals surface area contributed by atoms with Crippen LogP contribution in [-0.2, 0) is 47.6 Å². The Bertz CT molecular complexity index is 991. The Kier molecular flexibility index (Phi) is 9.76. The summed E-state index contributed by atoms with van der Waals surface area (Å²) in [5.74, 6) is -2.42. The molecule has 0 spiro atoms. The molecule has 2 aliphatic heterocycles. The van der Waals surface area contributed by atoms with Gasteiger partial charge in [-0.3, -0.25) is 19.2 Å². The summed E-state index contributed by atoms with van der Waals surface area (Å²) >= 11 is 0. The Morgan fingerprint density at radius 3 is 2.29 bits per heavy atom. The minimum atomic E-state index is -0.839. The summed E-state index contributed by atoms with van der Waals surface area (Å²) < 4.78 is 33.4. The maximum absolute atomic E-state index is 12.1. The maximum Gasteiger partial charge on any atom is 0.305 e. The summed E-state index contributed by atoms with van der Waals surface area (Å²) in [5.41, 5.74) is 1.93. The van der Waals surface area contributed by atoms with E-state index < -0.39 is 36.3 Å². The highest BCUT2D eigenvalue weighted by molar-refractivity contribution is 5.67. The van der Waals surface area contributed by atoms with Gasteiger partial charge in [0.2, 0.25) is 6.29 Å². The Balaban J connectivity index is 1.93. The SMILES string of the molecule is C=C1CCC2OC2(C)CCC2C(C(CC=C(COC(C)=O)COC(C)=O)OC(C)=O)=COC(OC(C)=O)C12. The van der Waals surface area contributed by atoms with Crippen molar-refractivity contribution in [2.75, 3.05) is 13.2 Å². The summed E-state index contributed by atoms with van der Waals surface area (Å²) in [6, 6.07) is 0. The second-order valence-electron chi connectivity index (χ2n) is 10.3. The molecular formula is C28H38O10. The predicted molar refractivity (Wildman–Crippen MR) is 134 cm³/mol. The molecule has 0 aromatic rings. The van der Waals surface area contributed by atoms with Gasteiger partial charge in [0, 0.05) is 51.2 Å². The minimum absolute atomic E-state index is 0.0700. The lowest BCUT2D eigenvalue weighted by molar-refractivity contribution is -0.181. The Hall–Kier alpha value is -3.14. The fourth-order valence-corrected chi connectivity index (χ4v) is 5.19. The van der Waals surface area contributed by atoms with Gasteiger partial charge in [-0.05, 0) is 32.6 Å². The molecule has 2 fully saturated rings. The van der Waals surface area contributed by atoms with E-state index in [1.807, 2.05) is 0 Å². The summed E-state index contributed by atoms with van der Waals surface area (Å²) in [7, 11) is 0. The molecule has 0 bridgehead atoms. The van der Waals surface area contributed by atoms with Crippen LogP contribution < -0.4 is 0 Å². The maximum atomic E-state index is 12.1. The van der Waals surface area contributed by atoms with Gasteiger partial charge in [-0.1, -0.05) is 18.2 Å². The second-order valence-corrected chi connectivity index (χ2v) is 10.3. The zero-order chi connectivity index (χ0) is 28.0. The first-order valence-electron chi connectivity index (χ1n) is 12.9. The molecule has 10 heteroatoms. The molecule has 0 amide bonds. The highest BCUT2D eigenvalue weighted by Crippen LogP contribution is 2.50. The minimum Gasteiger partial charge on any atom is -0.462 e. The lowest BCUT2D eigenvalue weighted by Crippen LogP contribution is -2.41. The number of hydrogen-bond acceptors (Lipinski definition) is 10. The second kappa shape index (κ2) is 12.6. The third-order valence-electron chi connectivity index (χ3n) is 7.18. The molecule has 3 rings (SSSR count). The van der Waals surface area contributed by atoms with Crippen molar-refractivity contribution < 1.29 is 47.6 Å². The lowest BCUT2D eigenvalue weighted by Gasteiger charge is -2.40. The largest absolute Gasteiger partial charge is 0.462 e. The first-order valence-corrected chi connectivity index (χ1v) is 12.9. The molecule has 38 heavy (non-hydrogen) atoms. The van der Waals surface area contributed by atoms with Gasteiger partial charge in [-0.25, -0.2) is 0 Å². The first-order chi connectivity index (χ1) is 17.9.